The maximum absolute atomic E-state index is 12.8. The molecule has 9 heteroatoms. The summed E-state index contributed by atoms with van der Waals surface area (Å²) >= 11 is 11.3. The van der Waals surface area contributed by atoms with Crippen molar-refractivity contribution in [2.24, 2.45) is 5.16 Å². The number of rotatable bonds is 3. The molecule has 0 atom stereocenters. The number of carbonyl (C=O) groups excluding carboxylic acids is 1. The van der Waals surface area contributed by atoms with E-state index in [2.05, 4.69) is 15.0 Å². The van der Waals surface area contributed by atoms with Crippen LogP contribution in [0.1, 0.15) is 21.5 Å². The van der Waals surface area contributed by atoms with Gasteiger partial charge in [-0.1, -0.05) is 40.5 Å². The van der Waals surface area contributed by atoms with Gasteiger partial charge in [-0.05, 0) is 24.3 Å². The molecule has 0 aliphatic rings. The molecule has 23 heavy (non-hydrogen) atoms. The first kappa shape index (κ1) is 17.2. The molecule has 120 valence electrons. The fourth-order valence-electron chi connectivity index (χ4n) is 1.65. The van der Waals surface area contributed by atoms with Gasteiger partial charge in [0.1, 0.15) is 10.3 Å². The van der Waals surface area contributed by atoms with E-state index in [1.807, 2.05) is 0 Å². The summed E-state index contributed by atoms with van der Waals surface area (Å²) in [5.74, 6) is -1.24. The molecule has 1 aromatic carbocycles. The lowest BCUT2D eigenvalue weighted by atomic mass is 10.1. The summed E-state index contributed by atoms with van der Waals surface area (Å²) < 4.78 is 38.4. The highest BCUT2D eigenvalue weighted by Crippen LogP contribution is 2.32. The molecular formula is C14H7Cl2F3N2O2. The number of alkyl halides is 3. The van der Waals surface area contributed by atoms with E-state index in [0.29, 0.717) is 5.56 Å². The first-order valence-corrected chi connectivity index (χ1v) is 6.77. The predicted molar refractivity (Wildman–Crippen MR) is 78.7 cm³/mol. The van der Waals surface area contributed by atoms with Gasteiger partial charge in [0, 0.05) is 5.56 Å². The van der Waals surface area contributed by atoms with E-state index < -0.39 is 23.3 Å². The Labute approximate surface area is 138 Å². The van der Waals surface area contributed by atoms with Crippen LogP contribution in [0.3, 0.4) is 0 Å². The Morgan fingerprint density at radius 3 is 2.39 bits per heavy atom. The Balaban J connectivity index is 2.16. The van der Waals surface area contributed by atoms with Crippen LogP contribution in [0.5, 0.6) is 0 Å². The van der Waals surface area contributed by atoms with Crippen LogP contribution in [0, 0.1) is 0 Å². The molecule has 0 radical (unpaired) electrons. The second-order valence-corrected chi connectivity index (χ2v) is 4.98. The third kappa shape index (κ3) is 4.67. The van der Waals surface area contributed by atoms with Gasteiger partial charge in [-0.3, -0.25) is 0 Å². The van der Waals surface area contributed by atoms with Crippen molar-refractivity contribution in [1.29, 1.82) is 0 Å². The highest BCUT2D eigenvalue weighted by atomic mass is 35.5. The fraction of sp³-hybridized carbons (Fsp3) is 0.0714. The minimum absolute atomic E-state index is 0.0905. The van der Waals surface area contributed by atoms with Crippen LogP contribution in [0.25, 0.3) is 0 Å². The van der Waals surface area contributed by atoms with Crippen LogP contribution >= 0.6 is 23.2 Å². The van der Waals surface area contributed by atoms with Crippen LogP contribution in [0.2, 0.25) is 10.3 Å². The number of carbonyl (C=O) groups is 1. The monoisotopic (exact) mass is 362 g/mol. The summed E-state index contributed by atoms with van der Waals surface area (Å²) in [4.78, 5) is 19.9. The molecule has 0 N–H and O–H groups in total. The molecule has 4 nitrogen and oxygen atoms in total. The number of oxime groups is 1. The van der Waals surface area contributed by atoms with E-state index in [1.54, 1.807) is 0 Å². The number of nitrogens with zero attached hydrogens (tertiary/aromatic N) is 2. The third-order valence-electron chi connectivity index (χ3n) is 2.57. The standard InChI is InChI=1S/C14H7Cl2F3N2O2/c15-11-5-8(6-12(16)21-11)7-20-23-13(22)9-3-1-2-4-10(9)14(17,18)19/h1-7H. The van der Waals surface area contributed by atoms with Crippen molar-refractivity contribution in [3.8, 4) is 0 Å². The molecule has 0 aliphatic heterocycles. The molecular weight excluding hydrogens is 356 g/mol. The molecule has 0 saturated carbocycles. The van der Waals surface area contributed by atoms with Gasteiger partial charge in [-0.2, -0.15) is 13.2 Å². The van der Waals surface area contributed by atoms with Crippen molar-refractivity contribution in [2.75, 3.05) is 0 Å². The summed E-state index contributed by atoms with van der Waals surface area (Å²) in [5.41, 5.74) is -1.37. The summed E-state index contributed by atoms with van der Waals surface area (Å²) in [6.45, 7) is 0. The van der Waals surface area contributed by atoms with Crippen LogP contribution in [0.4, 0.5) is 13.2 Å². The quantitative estimate of drug-likeness (QED) is 0.347. The number of benzene rings is 1. The van der Waals surface area contributed by atoms with Crippen molar-refractivity contribution in [3.05, 3.63) is 63.4 Å². The summed E-state index contributed by atoms with van der Waals surface area (Å²) in [7, 11) is 0. The zero-order chi connectivity index (χ0) is 17.0. The lowest BCUT2D eigenvalue weighted by molar-refractivity contribution is -0.138. The minimum Gasteiger partial charge on any atom is -0.313 e. The Kier molecular flexibility index (Phi) is 5.23. The fourth-order valence-corrected chi connectivity index (χ4v) is 2.13. The Morgan fingerprint density at radius 1 is 1.17 bits per heavy atom. The molecule has 1 aromatic heterocycles. The van der Waals surface area contributed by atoms with Gasteiger partial charge in [-0.25, -0.2) is 9.78 Å². The molecule has 2 rings (SSSR count). The van der Waals surface area contributed by atoms with Crippen molar-refractivity contribution in [1.82, 2.24) is 4.98 Å². The zero-order valence-corrected chi connectivity index (χ0v) is 12.7. The van der Waals surface area contributed by atoms with Gasteiger partial charge < -0.3 is 4.84 Å². The van der Waals surface area contributed by atoms with Crippen molar-refractivity contribution >= 4 is 35.4 Å². The molecule has 0 saturated heterocycles. The van der Waals surface area contributed by atoms with Crippen LogP contribution in [-0.2, 0) is 11.0 Å². The summed E-state index contributed by atoms with van der Waals surface area (Å²) in [6, 6.07) is 7.01. The zero-order valence-electron chi connectivity index (χ0n) is 11.1. The highest BCUT2D eigenvalue weighted by molar-refractivity contribution is 6.32. The minimum atomic E-state index is -4.68. The smallest absolute Gasteiger partial charge is 0.313 e. The number of pyridine rings is 1. The Morgan fingerprint density at radius 2 is 1.78 bits per heavy atom. The van der Waals surface area contributed by atoms with Gasteiger partial charge in [-0.15, -0.1) is 0 Å². The maximum atomic E-state index is 12.8. The second kappa shape index (κ2) is 6.97. The molecule has 0 aliphatic carbocycles. The van der Waals surface area contributed by atoms with Crippen molar-refractivity contribution in [3.63, 3.8) is 0 Å². The maximum Gasteiger partial charge on any atom is 0.417 e. The Hall–Kier alpha value is -2.12. The molecule has 1 heterocycles. The first-order valence-electron chi connectivity index (χ1n) is 6.01. The lowest BCUT2D eigenvalue weighted by Crippen LogP contribution is -2.13. The van der Waals surface area contributed by atoms with Crippen LogP contribution in [0.15, 0.2) is 41.6 Å². The number of hydrogen-bond acceptors (Lipinski definition) is 4. The number of halogens is 5. The largest absolute Gasteiger partial charge is 0.417 e. The summed E-state index contributed by atoms with van der Waals surface area (Å²) in [5, 5.41) is 3.52. The average Bonchev–Trinajstić information content (AvgIpc) is 2.45. The van der Waals surface area contributed by atoms with Crippen LogP contribution in [-0.4, -0.2) is 17.2 Å². The van der Waals surface area contributed by atoms with Crippen LogP contribution < -0.4 is 0 Å². The van der Waals surface area contributed by atoms with E-state index >= 15 is 0 Å². The number of hydrogen-bond donors (Lipinski definition) is 0. The molecule has 2 aromatic rings. The first-order chi connectivity index (χ1) is 10.8. The van der Waals surface area contributed by atoms with Gasteiger partial charge >= 0.3 is 12.1 Å². The third-order valence-corrected chi connectivity index (χ3v) is 2.96. The molecule has 0 spiro atoms. The molecule has 0 amide bonds. The highest BCUT2D eigenvalue weighted by Gasteiger charge is 2.35. The molecule has 0 fully saturated rings. The van der Waals surface area contributed by atoms with Crippen molar-refractivity contribution < 1.29 is 22.8 Å². The van der Waals surface area contributed by atoms with Gasteiger partial charge in [0.2, 0.25) is 0 Å². The van der Waals surface area contributed by atoms with E-state index in [0.717, 1.165) is 18.3 Å². The van der Waals surface area contributed by atoms with Gasteiger partial charge in [0.05, 0.1) is 17.3 Å². The molecule has 0 unspecified atom stereocenters. The number of aromatic nitrogens is 1. The normalized spacial score (nSPS) is 11.7. The van der Waals surface area contributed by atoms with Crippen molar-refractivity contribution in [2.45, 2.75) is 6.18 Å². The van der Waals surface area contributed by atoms with E-state index in [4.69, 9.17) is 23.2 Å². The SMILES string of the molecule is O=C(ON=Cc1cc(Cl)nc(Cl)c1)c1ccccc1C(F)(F)F. The van der Waals surface area contributed by atoms with Gasteiger partial charge in [0.15, 0.2) is 0 Å². The lowest BCUT2D eigenvalue weighted by Gasteiger charge is -2.09. The second-order valence-electron chi connectivity index (χ2n) is 4.20. The van der Waals surface area contributed by atoms with E-state index in [-0.39, 0.29) is 10.3 Å². The summed E-state index contributed by atoms with van der Waals surface area (Å²) in [6.07, 6.45) is -3.60. The predicted octanol–water partition coefficient (Wildman–Crippen LogP) is 4.60. The molecule has 0 bridgehead atoms. The Bertz CT molecular complexity index is 744. The van der Waals surface area contributed by atoms with Gasteiger partial charge in [0.25, 0.3) is 0 Å². The van der Waals surface area contributed by atoms with E-state index in [1.165, 1.54) is 24.3 Å². The van der Waals surface area contributed by atoms with E-state index in [9.17, 15) is 18.0 Å². The topological polar surface area (TPSA) is 51.5 Å². The average molecular weight is 363 g/mol.